The summed E-state index contributed by atoms with van der Waals surface area (Å²) in [6.07, 6.45) is -14.7. The van der Waals surface area contributed by atoms with Crippen LogP contribution in [0.15, 0.2) is 243 Å². The summed E-state index contributed by atoms with van der Waals surface area (Å²) in [5, 5.41) is 0. The third-order valence-electron chi connectivity index (χ3n) is 18.2. The van der Waals surface area contributed by atoms with Crippen LogP contribution in [-0.2, 0) is 127 Å². The number of hydrogen-bond acceptors (Lipinski definition) is 16. The summed E-state index contributed by atoms with van der Waals surface area (Å²) in [6, 6.07) is 81.2. The van der Waals surface area contributed by atoms with E-state index in [1.807, 2.05) is 146 Å². The van der Waals surface area contributed by atoms with Crippen molar-refractivity contribution in [2.75, 3.05) is 13.2 Å². The summed E-state index contributed by atoms with van der Waals surface area (Å²) in [5.41, 5.74) is 7.79. The zero-order valence-corrected chi connectivity index (χ0v) is 67.9. The van der Waals surface area contributed by atoms with Crippen molar-refractivity contribution in [3.8, 4) is 0 Å². The van der Waals surface area contributed by atoms with Gasteiger partial charge in [-0.05, 0) is 123 Å². The first-order chi connectivity index (χ1) is 51.0. The Morgan fingerprint density at radius 2 is 0.406 bits per heavy atom. The lowest BCUT2D eigenvalue weighted by Gasteiger charge is -2.56. The van der Waals surface area contributed by atoms with E-state index in [2.05, 4.69) is 176 Å². The van der Waals surface area contributed by atoms with Crippen molar-refractivity contribution in [3.63, 3.8) is 0 Å². The first-order valence-corrected chi connectivity index (χ1v) is 51.2. The van der Waals surface area contributed by atoms with E-state index in [1.54, 1.807) is 0 Å². The molecule has 16 atom stereocenters. The van der Waals surface area contributed by atoms with Crippen LogP contribution in [0.5, 0.6) is 0 Å². The van der Waals surface area contributed by atoms with E-state index in [4.69, 9.17) is 74.5 Å². The van der Waals surface area contributed by atoms with E-state index < -0.39 is 131 Å². The summed E-state index contributed by atoms with van der Waals surface area (Å²) in [5.74, 6) is 0. The number of benzene rings is 8. The Balaban J connectivity index is 1.08. The Labute approximate surface area is 634 Å². The summed E-state index contributed by atoms with van der Waals surface area (Å²) in [4.78, 5) is 0. The molecule has 0 spiro atoms. The highest BCUT2D eigenvalue weighted by molar-refractivity contribution is 6.71. The number of rotatable bonds is 38. The maximum absolute atomic E-state index is 8.16. The molecule has 0 amide bonds. The molecule has 0 radical (unpaired) electrons. The highest BCUT2D eigenvalue weighted by Crippen LogP contribution is 2.44. The second kappa shape index (κ2) is 39.1. The van der Waals surface area contributed by atoms with Gasteiger partial charge in [0.1, 0.15) is 85.5 Å². The third kappa shape index (κ3) is 25.0. The SMILES string of the molecule is C[Si](C)(C)OC1[C@@H](O[Si](C)(C)C)[C@@H](O[C@H]2O[C@H](COCc3ccccc3)[C@@H](OCc3ccccc3)[C@H](OCc3ccccc3)[C@@H]2OCc2ccccc2)C(O[Si](C)(C)C)[C@H](O[C@H]2O[C@H](COCc3ccccc3)[C@@H](OCc3ccccc3)[C@H](OCc3ccccc3)[C@@H]2OCc2ccccc2)[C@H]1O[Si](C)(C)C. The van der Waals surface area contributed by atoms with Gasteiger partial charge < -0.3 is 74.5 Å². The van der Waals surface area contributed by atoms with Crippen LogP contribution in [-0.4, -0.2) is 145 Å². The van der Waals surface area contributed by atoms with Gasteiger partial charge in [-0.3, -0.25) is 0 Å². The Morgan fingerprint density at radius 3 is 0.632 bits per heavy atom. The lowest BCUT2D eigenvalue weighted by Crippen LogP contribution is -2.74. The second-order valence-electron chi connectivity index (χ2n) is 31.6. The van der Waals surface area contributed by atoms with Crippen LogP contribution in [0.2, 0.25) is 78.6 Å². The molecule has 0 N–H and O–H groups in total. The van der Waals surface area contributed by atoms with Crippen molar-refractivity contribution in [2.45, 2.75) is 229 Å². The van der Waals surface area contributed by atoms with E-state index >= 15 is 0 Å². The molecule has 8 aromatic carbocycles. The Morgan fingerprint density at radius 1 is 0.217 bits per heavy atom. The smallest absolute Gasteiger partial charge is 0.187 e. The Bertz CT molecular complexity index is 3530. The molecule has 1 saturated carbocycles. The van der Waals surface area contributed by atoms with Crippen molar-refractivity contribution in [3.05, 3.63) is 287 Å². The fraction of sp³-hybridized carbons (Fsp3) is 0.442. The van der Waals surface area contributed by atoms with Gasteiger partial charge in [0.2, 0.25) is 0 Å². The quantitative estimate of drug-likeness (QED) is 0.0338. The van der Waals surface area contributed by atoms with Crippen LogP contribution in [0.1, 0.15) is 44.5 Å². The molecule has 16 nitrogen and oxygen atoms in total. The van der Waals surface area contributed by atoms with Crippen LogP contribution in [0.4, 0.5) is 0 Å². The van der Waals surface area contributed by atoms with Gasteiger partial charge in [-0.2, -0.15) is 0 Å². The van der Waals surface area contributed by atoms with Crippen molar-refractivity contribution in [2.24, 2.45) is 0 Å². The third-order valence-corrected chi connectivity index (χ3v) is 22.1. The van der Waals surface area contributed by atoms with Crippen LogP contribution in [0, 0.1) is 0 Å². The van der Waals surface area contributed by atoms with Crippen molar-refractivity contribution in [1.82, 2.24) is 0 Å². The van der Waals surface area contributed by atoms with Gasteiger partial charge in [0.05, 0.1) is 66.1 Å². The van der Waals surface area contributed by atoms with Crippen LogP contribution < -0.4 is 0 Å². The number of hydrogen-bond donors (Lipinski definition) is 0. The fourth-order valence-corrected chi connectivity index (χ4v) is 18.0. The van der Waals surface area contributed by atoms with Gasteiger partial charge in [0, 0.05) is 0 Å². The largest absolute Gasteiger partial charge is 0.409 e. The molecule has 11 rings (SSSR count). The van der Waals surface area contributed by atoms with Crippen LogP contribution >= 0.6 is 0 Å². The van der Waals surface area contributed by atoms with Gasteiger partial charge in [0.25, 0.3) is 0 Å². The second-order valence-corrected chi connectivity index (χ2v) is 49.5. The van der Waals surface area contributed by atoms with Crippen molar-refractivity contribution < 1.29 is 74.5 Å². The predicted octanol–water partition coefficient (Wildman–Crippen LogP) is 17.0. The van der Waals surface area contributed by atoms with Crippen molar-refractivity contribution >= 4 is 33.3 Å². The summed E-state index contributed by atoms with van der Waals surface area (Å²) in [7, 11) is -10.7. The molecule has 0 aromatic heterocycles. The molecule has 20 heteroatoms. The van der Waals surface area contributed by atoms with E-state index in [-0.39, 0.29) is 52.9 Å². The molecule has 2 unspecified atom stereocenters. The molecule has 106 heavy (non-hydrogen) atoms. The lowest BCUT2D eigenvalue weighted by atomic mass is 9.84. The topological polar surface area (TPSA) is 148 Å². The van der Waals surface area contributed by atoms with E-state index in [0.717, 1.165) is 44.5 Å². The molecule has 568 valence electrons. The zero-order valence-electron chi connectivity index (χ0n) is 63.9. The normalized spacial score (nSPS) is 26.0. The average molecular weight is 1510 g/mol. The molecule has 3 aliphatic rings. The number of ether oxygens (including phenoxy) is 12. The average Bonchev–Trinajstić information content (AvgIpc) is 0.737. The van der Waals surface area contributed by atoms with E-state index in [9.17, 15) is 0 Å². The maximum atomic E-state index is 8.16. The standard InChI is InChI=1S/C86H112O16Si4/c1-103(2,3)99-79-77(97-85-83(93-59-69-49-33-19-34-50-69)75(91-57-67-45-29-17-30-46-67)73(89-55-65-41-25-15-26-42-65)71(95-85)61-87-53-63-37-21-13-22-38-63)80(100-104(4,5)6)82(102-106(10,11)12)81(101-105(7,8)9)78(79)98-86-84(94-60-70-51-35-20-36-52-70)76(92-58-68-47-31-18-32-48-68)74(90-56-66-43-27-16-28-44-66)72(96-86)62-88-54-64-39-23-14-24-40-64/h13-52,71-86H,53-62H2,1-12H3/t71-,72-,73-,74-,75+,76+,77+,78+,79?,80-,81+,82?,83+,84+,85-,86-/m1/s1. The zero-order chi connectivity index (χ0) is 74.5. The molecular formula is C86H112O16Si4. The van der Waals surface area contributed by atoms with Gasteiger partial charge in [0.15, 0.2) is 45.8 Å². The Hall–Kier alpha value is -6.01. The summed E-state index contributed by atoms with van der Waals surface area (Å²) in [6.45, 7) is 28.4. The highest BCUT2D eigenvalue weighted by atomic mass is 28.4. The first kappa shape index (κ1) is 81.0. The Kier molecular flexibility index (Phi) is 29.8. The monoisotopic (exact) mass is 1510 g/mol. The van der Waals surface area contributed by atoms with Gasteiger partial charge in [-0.1, -0.05) is 243 Å². The highest BCUT2D eigenvalue weighted by Gasteiger charge is 2.62. The van der Waals surface area contributed by atoms with Gasteiger partial charge in [-0.25, -0.2) is 0 Å². The predicted molar refractivity (Wildman–Crippen MR) is 422 cm³/mol. The van der Waals surface area contributed by atoms with Crippen LogP contribution in [0.25, 0.3) is 0 Å². The molecule has 2 heterocycles. The van der Waals surface area contributed by atoms with Gasteiger partial charge >= 0.3 is 0 Å². The lowest BCUT2D eigenvalue weighted by molar-refractivity contribution is -0.371. The van der Waals surface area contributed by atoms with Gasteiger partial charge in [-0.15, -0.1) is 0 Å². The summed E-state index contributed by atoms with van der Waals surface area (Å²) < 4.78 is 120. The van der Waals surface area contributed by atoms with Crippen LogP contribution in [0.3, 0.4) is 0 Å². The molecule has 1 aliphatic carbocycles. The molecule has 8 aromatic rings. The maximum Gasteiger partial charge on any atom is 0.187 e. The minimum absolute atomic E-state index is 0.0988. The molecule has 2 aliphatic heterocycles. The minimum atomic E-state index is -2.77. The molecule has 2 saturated heterocycles. The minimum Gasteiger partial charge on any atom is -0.409 e. The molecular weight excluding hydrogens is 1400 g/mol. The first-order valence-electron chi connectivity index (χ1n) is 37.5. The van der Waals surface area contributed by atoms with Crippen molar-refractivity contribution in [1.29, 1.82) is 0 Å². The fourth-order valence-electron chi connectivity index (χ4n) is 13.6. The molecule has 0 bridgehead atoms. The van der Waals surface area contributed by atoms with E-state index in [0.29, 0.717) is 13.2 Å². The summed E-state index contributed by atoms with van der Waals surface area (Å²) >= 11 is 0. The molecule has 3 fully saturated rings. The van der Waals surface area contributed by atoms with E-state index in [1.165, 1.54) is 0 Å².